The smallest absolute Gasteiger partial charge is 0.144 e. The molecule has 1 spiro atoms. The van der Waals surface area contributed by atoms with E-state index in [0.29, 0.717) is 6.04 Å². The number of aromatic nitrogens is 2. The molecule has 22 heavy (non-hydrogen) atoms. The molecule has 2 aromatic heterocycles. The molecule has 0 amide bonds. The van der Waals surface area contributed by atoms with Crippen LogP contribution in [-0.2, 0) is 11.3 Å². The van der Waals surface area contributed by atoms with Crippen molar-refractivity contribution in [3.63, 3.8) is 0 Å². The quantitative estimate of drug-likeness (QED) is 0.938. The highest BCUT2D eigenvalue weighted by molar-refractivity contribution is 7.09. The first-order chi connectivity index (χ1) is 10.8. The summed E-state index contributed by atoms with van der Waals surface area (Å²) in [5.41, 5.74) is 0.0249. The standard InChI is InChI=1S/C16H20N4OS/c1-2-14(22-7-1)10-20-6-3-16(12-20)8-13(11-21-16)19-15-9-17-4-5-18-15/h1-2,4-5,7,9,13H,3,6,8,10-12H2,(H,18,19)/t13-,16+/m0/s1. The number of nitrogens with zero attached hydrogens (tertiary/aromatic N) is 3. The van der Waals surface area contributed by atoms with Gasteiger partial charge in [0.25, 0.3) is 0 Å². The lowest BCUT2D eigenvalue weighted by Gasteiger charge is -2.23. The van der Waals surface area contributed by atoms with Crippen LogP contribution in [0.15, 0.2) is 36.1 Å². The van der Waals surface area contributed by atoms with Crippen LogP contribution in [0.25, 0.3) is 0 Å². The van der Waals surface area contributed by atoms with E-state index in [2.05, 4.69) is 37.7 Å². The molecule has 4 rings (SSSR count). The Labute approximate surface area is 134 Å². The van der Waals surface area contributed by atoms with Crippen LogP contribution in [0, 0.1) is 0 Å². The Balaban J connectivity index is 1.34. The van der Waals surface area contributed by atoms with Gasteiger partial charge in [-0.05, 0) is 17.9 Å². The number of hydrogen-bond acceptors (Lipinski definition) is 6. The second-order valence-electron chi connectivity index (χ2n) is 6.17. The summed E-state index contributed by atoms with van der Waals surface area (Å²) in [7, 11) is 0. The van der Waals surface area contributed by atoms with E-state index in [1.54, 1.807) is 18.6 Å². The van der Waals surface area contributed by atoms with Gasteiger partial charge in [0.15, 0.2) is 0 Å². The number of thiophene rings is 1. The van der Waals surface area contributed by atoms with Crippen molar-refractivity contribution in [3.05, 3.63) is 41.0 Å². The second kappa shape index (κ2) is 5.95. The zero-order valence-corrected chi connectivity index (χ0v) is 13.3. The van der Waals surface area contributed by atoms with Gasteiger partial charge in [-0.2, -0.15) is 0 Å². The van der Waals surface area contributed by atoms with Crippen molar-refractivity contribution in [1.82, 2.24) is 14.9 Å². The van der Waals surface area contributed by atoms with E-state index in [1.165, 1.54) is 4.88 Å². The zero-order chi connectivity index (χ0) is 14.8. The first kappa shape index (κ1) is 14.1. The Bertz CT molecular complexity index is 606. The number of nitrogens with one attached hydrogen (secondary N) is 1. The van der Waals surface area contributed by atoms with Crippen molar-refractivity contribution in [1.29, 1.82) is 0 Å². The van der Waals surface area contributed by atoms with Gasteiger partial charge in [-0.15, -0.1) is 11.3 Å². The number of likely N-dealkylation sites (tertiary alicyclic amines) is 1. The minimum Gasteiger partial charge on any atom is -0.371 e. The lowest BCUT2D eigenvalue weighted by atomic mass is 9.97. The summed E-state index contributed by atoms with van der Waals surface area (Å²) in [5, 5.41) is 5.58. The van der Waals surface area contributed by atoms with E-state index in [9.17, 15) is 0 Å². The Kier molecular flexibility index (Phi) is 3.82. The molecule has 2 aliphatic heterocycles. The molecule has 4 heterocycles. The number of anilines is 1. The van der Waals surface area contributed by atoms with Gasteiger partial charge in [0, 0.05) is 43.3 Å². The molecule has 5 nitrogen and oxygen atoms in total. The Morgan fingerprint density at radius 3 is 3.27 bits per heavy atom. The van der Waals surface area contributed by atoms with E-state index < -0.39 is 0 Å². The van der Waals surface area contributed by atoms with Crippen LogP contribution in [0.1, 0.15) is 17.7 Å². The van der Waals surface area contributed by atoms with E-state index in [4.69, 9.17) is 4.74 Å². The maximum Gasteiger partial charge on any atom is 0.144 e. The summed E-state index contributed by atoms with van der Waals surface area (Å²) in [6.07, 6.45) is 7.34. The Morgan fingerprint density at radius 1 is 1.45 bits per heavy atom. The van der Waals surface area contributed by atoms with Crippen molar-refractivity contribution < 1.29 is 4.74 Å². The van der Waals surface area contributed by atoms with Crippen molar-refractivity contribution >= 4 is 17.2 Å². The highest BCUT2D eigenvalue weighted by atomic mass is 32.1. The second-order valence-corrected chi connectivity index (χ2v) is 7.20. The lowest BCUT2D eigenvalue weighted by molar-refractivity contribution is 0.0120. The van der Waals surface area contributed by atoms with Crippen LogP contribution in [0.4, 0.5) is 5.82 Å². The molecule has 1 N–H and O–H groups in total. The van der Waals surface area contributed by atoms with Gasteiger partial charge < -0.3 is 10.1 Å². The van der Waals surface area contributed by atoms with Gasteiger partial charge in [-0.1, -0.05) is 6.07 Å². The molecule has 116 valence electrons. The third kappa shape index (κ3) is 2.99. The molecule has 2 fully saturated rings. The lowest BCUT2D eigenvalue weighted by Crippen LogP contribution is -2.33. The van der Waals surface area contributed by atoms with E-state index in [1.807, 2.05) is 11.3 Å². The average molecular weight is 316 g/mol. The fourth-order valence-electron chi connectivity index (χ4n) is 3.49. The normalized spacial score (nSPS) is 28.5. The maximum atomic E-state index is 6.19. The molecule has 0 unspecified atom stereocenters. The minimum absolute atomic E-state index is 0.0249. The molecule has 0 saturated carbocycles. The third-order valence-corrected chi connectivity index (χ3v) is 5.34. The predicted molar refractivity (Wildman–Crippen MR) is 87.0 cm³/mol. The van der Waals surface area contributed by atoms with Gasteiger partial charge in [-0.3, -0.25) is 9.88 Å². The molecule has 2 atom stereocenters. The minimum atomic E-state index is 0.0249. The highest BCUT2D eigenvalue weighted by Crippen LogP contribution is 2.36. The highest BCUT2D eigenvalue weighted by Gasteiger charge is 2.45. The fourth-order valence-corrected chi connectivity index (χ4v) is 4.24. The van der Waals surface area contributed by atoms with E-state index in [0.717, 1.165) is 44.9 Å². The molecule has 0 aromatic carbocycles. The van der Waals surface area contributed by atoms with Crippen LogP contribution in [0.5, 0.6) is 0 Å². The molecule has 0 radical (unpaired) electrons. The monoisotopic (exact) mass is 316 g/mol. The summed E-state index contributed by atoms with van der Waals surface area (Å²) in [4.78, 5) is 12.3. The van der Waals surface area contributed by atoms with Crippen molar-refractivity contribution in [3.8, 4) is 0 Å². The van der Waals surface area contributed by atoms with Gasteiger partial charge >= 0.3 is 0 Å². The van der Waals surface area contributed by atoms with E-state index in [-0.39, 0.29) is 5.60 Å². The largest absolute Gasteiger partial charge is 0.371 e. The zero-order valence-electron chi connectivity index (χ0n) is 12.4. The summed E-state index contributed by atoms with van der Waals surface area (Å²) < 4.78 is 6.19. The SMILES string of the molecule is c1csc(CN2CC[C@@]3(C[C@H](Nc4cnccn4)CO3)C2)c1. The topological polar surface area (TPSA) is 50.3 Å². The van der Waals surface area contributed by atoms with Gasteiger partial charge in [0.05, 0.1) is 24.4 Å². The number of rotatable bonds is 4. The van der Waals surface area contributed by atoms with Gasteiger partial charge in [-0.25, -0.2) is 4.98 Å². The molecule has 0 aliphatic carbocycles. The van der Waals surface area contributed by atoms with Crippen molar-refractivity contribution in [2.45, 2.75) is 31.0 Å². The first-order valence-corrected chi connectivity index (χ1v) is 8.61. The molecule has 2 aliphatic rings. The van der Waals surface area contributed by atoms with Crippen LogP contribution < -0.4 is 5.32 Å². The van der Waals surface area contributed by atoms with Gasteiger partial charge in [0.1, 0.15) is 5.82 Å². The Hall–Kier alpha value is -1.50. The molecular formula is C16H20N4OS. The van der Waals surface area contributed by atoms with Crippen LogP contribution >= 0.6 is 11.3 Å². The summed E-state index contributed by atoms with van der Waals surface area (Å²) in [6, 6.07) is 4.67. The Morgan fingerprint density at radius 2 is 2.45 bits per heavy atom. The summed E-state index contributed by atoms with van der Waals surface area (Å²) in [5.74, 6) is 0.835. The maximum absolute atomic E-state index is 6.19. The third-order valence-electron chi connectivity index (χ3n) is 4.48. The van der Waals surface area contributed by atoms with E-state index >= 15 is 0 Å². The molecule has 0 bridgehead atoms. The number of ether oxygens (including phenoxy) is 1. The molecular weight excluding hydrogens is 296 g/mol. The molecule has 2 aromatic rings. The van der Waals surface area contributed by atoms with Crippen LogP contribution in [0.3, 0.4) is 0 Å². The molecule has 2 saturated heterocycles. The first-order valence-electron chi connectivity index (χ1n) is 7.73. The van der Waals surface area contributed by atoms with Crippen molar-refractivity contribution in [2.75, 3.05) is 25.0 Å². The average Bonchev–Trinajstić information content (AvgIpc) is 3.25. The summed E-state index contributed by atoms with van der Waals surface area (Å²) >= 11 is 1.83. The summed E-state index contributed by atoms with van der Waals surface area (Å²) in [6.45, 7) is 3.95. The van der Waals surface area contributed by atoms with Gasteiger partial charge in [0.2, 0.25) is 0 Å². The fraction of sp³-hybridized carbons (Fsp3) is 0.500. The predicted octanol–water partition coefficient (Wildman–Crippen LogP) is 2.38. The van der Waals surface area contributed by atoms with Crippen molar-refractivity contribution in [2.24, 2.45) is 0 Å². The van der Waals surface area contributed by atoms with Crippen LogP contribution in [0.2, 0.25) is 0 Å². The number of hydrogen-bond donors (Lipinski definition) is 1. The molecule has 6 heteroatoms. The van der Waals surface area contributed by atoms with Crippen LogP contribution in [-0.4, -0.2) is 46.2 Å².